The highest BCUT2D eigenvalue weighted by molar-refractivity contribution is 6.30. The van der Waals surface area contributed by atoms with Gasteiger partial charge >= 0.3 is 0 Å². The van der Waals surface area contributed by atoms with Crippen molar-refractivity contribution in [2.24, 2.45) is 0 Å². The molecular weight excluding hydrogens is 343 g/mol. The lowest BCUT2D eigenvalue weighted by Crippen LogP contribution is -2.25. The summed E-state index contributed by atoms with van der Waals surface area (Å²) in [6.45, 7) is 0. The van der Waals surface area contributed by atoms with Crippen LogP contribution in [0.2, 0.25) is 5.02 Å². The minimum absolute atomic E-state index is 0.00243. The second-order valence-corrected chi connectivity index (χ2v) is 6.23. The number of rotatable bonds is 5. The summed E-state index contributed by atoms with van der Waals surface area (Å²) in [6.07, 6.45) is 4.94. The Hall–Kier alpha value is -2.66. The molecule has 0 aliphatic heterocycles. The predicted molar refractivity (Wildman–Crippen MR) is 96.0 cm³/mol. The van der Waals surface area contributed by atoms with Crippen LogP contribution in [0.15, 0.2) is 48.5 Å². The molecule has 0 heterocycles. The number of hydrogen-bond acceptors (Lipinski definition) is 2. The van der Waals surface area contributed by atoms with Gasteiger partial charge in [-0.2, -0.15) is 0 Å². The maximum Gasteiger partial charge on any atom is 0.251 e. The number of halogens is 2. The van der Waals surface area contributed by atoms with E-state index in [0.717, 1.165) is 12.8 Å². The summed E-state index contributed by atoms with van der Waals surface area (Å²) in [5, 5.41) is 5.60. The molecule has 4 nitrogen and oxygen atoms in total. The molecule has 1 aliphatic rings. The topological polar surface area (TPSA) is 58.2 Å². The maximum atomic E-state index is 13.1. The van der Waals surface area contributed by atoms with Gasteiger partial charge in [0.05, 0.1) is 5.02 Å². The first-order valence-electron chi connectivity index (χ1n) is 7.86. The van der Waals surface area contributed by atoms with Gasteiger partial charge < -0.3 is 10.6 Å². The fourth-order valence-electron chi connectivity index (χ4n) is 2.17. The predicted octanol–water partition coefficient (Wildman–Crippen LogP) is 4.02. The Balaban J connectivity index is 1.57. The fourth-order valence-corrected chi connectivity index (χ4v) is 2.36. The number of carbonyl (C=O) groups is 2. The van der Waals surface area contributed by atoms with Gasteiger partial charge in [-0.3, -0.25) is 9.59 Å². The number of benzene rings is 2. The lowest BCUT2D eigenvalue weighted by molar-refractivity contribution is -0.111. The van der Waals surface area contributed by atoms with Crippen molar-refractivity contribution in [3.63, 3.8) is 0 Å². The summed E-state index contributed by atoms with van der Waals surface area (Å²) in [5.74, 6) is -0.946. The Morgan fingerprint density at radius 2 is 1.84 bits per heavy atom. The maximum absolute atomic E-state index is 13.1. The minimum Gasteiger partial charge on any atom is -0.349 e. The van der Waals surface area contributed by atoms with Gasteiger partial charge in [-0.1, -0.05) is 17.7 Å². The molecule has 2 N–H and O–H groups in total. The third kappa shape index (κ3) is 4.90. The summed E-state index contributed by atoms with van der Waals surface area (Å²) in [7, 11) is 0. The largest absolute Gasteiger partial charge is 0.349 e. The molecule has 6 heteroatoms. The normalized spacial score (nSPS) is 13.7. The zero-order chi connectivity index (χ0) is 17.8. The van der Waals surface area contributed by atoms with Crippen molar-refractivity contribution in [1.82, 2.24) is 5.32 Å². The Morgan fingerprint density at radius 3 is 2.48 bits per heavy atom. The van der Waals surface area contributed by atoms with Crippen molar-refractivity contribution >= 4 is 35.2 Å². The third-order valence-electron chi connectivity index (χ3n) is 3.70. The molecule has 0 atom stereocenters. The average molecular weight is 359 g/mol. The van der Waals surface area contributed by atoms with Crippen LogP contribution in [0.25, 0.3) is 6.08 Å². The monoisotopic (exact) mass is 358 g/mol. The molecule has 1 saturated carbocycles. The second-order valence-electron chi connectivity index (χ2n) is 5.82. The van der Waals surface area contributed by atoms with Crippen LogP contribution < -0.4 is 10.6 Å². The zero-order valence-corrected chi connectivity index (χ0v) is 14.0. The molecule has 0 radical (unpaired) electrons. The van der Waals surface area contributed by atoms with Gasteiger partial charge in [0.1, 0.15) is 5.82 Å². The second kappa shape index (κ2) is 7.49. The van der Waals surface area contributed by atoms with Crippen molar-refractivity contribution in [3.05, 3.63) is 70.5 Å². The molecule has 0 aromatic heterocycles. The molecule has 1 fully saturated rings. The Labute approximate surface area is 149 Å². The molecule has 2 aromatic carbocycles. The molecular formula is C19H16ClFN2O2. The standard InChI is InChI=1S/C19H16ClFN2O2/c20-16-11-12(1-9-17(16)21)2-10-18(24)22-14-5-3-13(4-6-14)19(25)23-15-7-8-15/h1-6,9-11,15H,7-8H2,(H,22,24)(H,23,25)/b10-2+. The van der Waals surface area contributed by atoms with Gasteiger partial charge in [0.2, 0.25) is 5.91 Å². The lowest BCUT2D eigenvalue weighted by atomic mass is 10.2. The van der Waals surface area contributed by atoms with Crippen LogP contribution in [0.1, 0.15) is 28.8 Å². The Bertz CT molecular complexity index is 830. The summed E-state index contributed by atoms with van der Waals surface area (Å²) in [4.78, 5) is 23.8. The minimum atomic E-state index is -0.505. The van der Waals surface area contributed by atoms with Crippen LogP contribution in [0.3, 0.4) is 0 Å². The van der Waals surface area contributed by atoms with Crippen molar-refractivity contribution in [2.45, 2.75) is 18.9 Å². The summed E-state index contributed by atoms with van der Waals surface area (Å²) >= 11 is 5.69. The Morgan fingerprint density at radius 1 is 1.12 bits per heavy atom. The molecule has 1 aliphatic carbocycles. The van der Waals surface area contributed by atoms with E-state index in [0.29, 0.717) is 22.9 Å². The molecule has 2 amide bonds. The van der Waals surface area contributed by atoms with Crippen LogP contribution in [0, 0.1) is 5.82 Å². The first kappa shape index (κ1) is 17.2. The highest BCUT2D eigenvalue weighted by Gasteiger charge is 2.23. The number of anilines is 1. The number of hydrogen-bond donors (Lipinski definition) is 2. The number of nitrogens with one attached hydrogen (secondary N) is 2. The summed E-state index contributed by atoms with van der Waals surface area (Å²) in [5.41, 5.74) is 1.75. The first-order valence-corrected chi connectivity index (χ1v) is 8.24. The van der Waals surface area contributed by atoms with Gasteiger partial charge in [0.15, 0.2) is 0 Å². The van der Waals surface area contributed by atoms with Crippen LogP contribution in [-0.2, 0) is 4.79 Å². The average Bonchev–Trinajstić information content (AvgIpc) is 3.40. The van der Waals surface area contributed by atoms with E-state index in [-0.39, 0.29) is 16.8 Å². The molecule has 128 valence electrons. The molecule has 0 spiro atoms. The van der Waals surface area contributed by atoms with E-state index in [1.54, 1.807) is 24.3 Å². The van der Waals surface area contributed by atoms with Crippen molar-refractivity contribution in [1.29, 1.82) is 0 Å². The first-order chi connectivity index (χ1) is 12.0. The quantitative estimate of drug-likeness (QED) is 0.793. The molecule has 3 rings (SSSR count). The van der Waals surface area contributed by atoms with Crippen molar-refractivity contribution in [3.8, 4) is 0 Å². The zero-order valence-electron chi connectivity index (χ0n) is 13.3. The van der Waals surface area contributed by atoms with Gasteiger partial charge in [0, 0.05) is 23.4 Å². The van der Waals surface area contributed by atoms with Gasteiger partial charge in [-0.25, -0.2) is 4.39 Å². The van der Waals surface area contributed by atoms with E-state index < -0.39 is 5.82 Å². The molecule has 0 bridgehead atoms. The van der Waals surface area contributed by atoms with E-state index in [4.69, 9.17) is 11.6 Å². The smallest absolute Gasteiger partial charge is 0.251 e. The highest BCUT2D eigenvalue weighted by Crippen LogP contribution is 2.20. The van der Waals surface area contributed by atoms with Crippen LogP contribution in [0.4, 0.5) is 10.1 Å². The van der Waals surface area contributed by atoms with E-state index in [2.05, 4.69) is 10.6 Å². The van der Waals surface area contributed by atoms with E-state index in [9.17, 15) is 14.0 Å². The van der Waals surface area contributed by atoms with Crippen molar-refractivity contribution in [2.75, 3.05) is 5.32 Å². The van der Waals surface area contributed by atoms with Crippen molar-refractivity contribution < 1.29 is 14.0 Å². The lowest BCUT2D eigenvalue weighted by Gasteiger charge is -2.05. The van der Waals surface area contributed by atoms with Gasteiger partial charge in [-0.15, -0.1) is 0 Å². The van der Waals surface area contributed by atoms with E-state index in [1.807, 2.05) is 0 Å². The molecule has 2 aromatic rings. The van der Waals surface area contributed by atoms with Gasteiger partial charge in [0.25, 0.3) is 5.91 Å². The van der Waals surface area contributed by atoms with Gasteiger partial charge in [-0.05, 0) is 60.9 Å². The number of carbonyl (C=O) groups excluding carboxylic acids is 2. The SMILES string of the molecule is O=C(/C=C/c1ccc(F)c(Cl)c1)Nc1ccc(C(=O)NC2CC2)cc1. The highest BCUT2D eigenvalue weighted by atomic mass is 35.5. The van der Waals surface area contributed by atoms with Crippen LogP contribution in [0.5, 0.6) is 0 Å². The molecule has 25 heavy (non-hydrogen) atoms. The van der Waals surface area contributed by atoms with E-state index in [1.165, 1.54) is 30.4 Å². The van der Waals surface area contributed by atoms with E-state index >= 15 is 0 Å². The summed E-state index contributed by atoms with van der Waals surface area (Å²) < 4.78 is 13.1. The fraction of sp³-hybridized carbons (Fsp3) is 0.158. The molecule has 0 unspecified atom stereocenters. The van der Waals surface area contributed by atoms with Crippen LogP contribution in [-0.4, -0.2) is 17.9 Å². The summed E-state index contributed by atoms with van der Waals surface area (Å²) in [6, 6.07) is 11.2. The molecule has 0 saturated heterocycles. The number of amides is 2. The Kier molecular flexibility index (Phi) is 5.14. The van der Waals surface area contributed by atoms with Crippen LogP contribution >= 0.6 is 11.6 Å². The third-order valence-corrected chi connectivity index (χ3v) is 3.99.